The number of aliphatic carboxylic acids is 1. The summed E-state index contributed by atoms with van der Waals surface area (Å²) < 4.78 is 16.1. The average molecular weight is 392 g/mol. The number of carbonyl (C=O) groups is 2. The molecule has 0 bridgehead atoms. The average Bonchev–Trinajstić information content (AvgIpc) is 2.66. The second-order valence-electron chi connectivity index (χ2n) is 6.91. The summed E-state index contributed by atoms with van der Waals surface area (Å²) in [5.74, 6) is 0.327. The number of ether oxygens (including phenoxy) is 3. The van der Waals surface area contributed by atoms with Crippen molar-refractivity contribution in [2.75, 3.05) is 27.4 Å². The third kappa shape index (κ3) is 8.13. The van der Waals surface area contributed by atoms with Crippen molar-refractivity contribution in [3.63, 3.8) is 0 Å². The highest BCUT2D eigenvalue weighted by atomic mass is 16.5. The second kappa shape index (κ2) is 12.9. The molecule has 0 aromatic heterocycles. The molecule has 1 unspecified atom stereocenters. The van der Waals surface area contributed by atoms with E-state index in [0.717, 1.165) is 6.42 Å². The number of hydrogen-bond acceptors (Lipinski definition) is 5. The Kier molecular flexibility index (Phi) is 11.0. The number of ketones is 1. The van der Waals surface area contributed by atoms with Crippen molar-refractivity contribution in [2.24, 2.45) is 11.8 Å². The number of rotatable bonds is 14. The van der Waals surface area contributed by atoms with Crippen molar-refractivity contribution < 1.29 is 28.9 Å². The lowest BCUT2D eigenvalue weighted by Crippen LogP contribution is -2.20. The third-order valence-electron chi connectivity index (χ3n) is 4.42. The van der Waals surface area contributed by atoms with Crippen LogP contribution in [0, 0.1) is 11.8 Å². The number of methoxy groups -OCH3 is 2. The number of Topliss-reactive ketones (excluding diaryl/α,β-unsaturated/α-hetero) is 1. The summed E-state index contributed by atoms with van der Waals surface area (Å²) in [4.78, 5) is 23.6. The van der Waals surface area contributed by atoms with Crippen molar-refractivity contribution in [2.45, 2.75) is 39.5 Å². The lowest BCUT2D eigenvalue weighted by molar-refractivity contribution is -0.136. The van der Waals surface area contributed by atoms with Crippen molar-refractivity contribution in [1.82, 2.24) is 0 Å². The molecule has 0 saturated heterocycles. The topological polar surface area (TPSA) is 82.1 Å². The van der Waals surface area contributed by atoms with Crippen LogP contribution in [0.3, 0.4) is 0 Å². The minimum atomic E-state index is -0.822. The molecule has 0 aliphatic rings. The lowest BCUT2D eigenvalue weighted by atomic mass is 9.85. The van der Waals surface area contributed by atoms with Gasteiger partial charge in [-0.3, -0.25) is 9.59 Å². The molecule has 1 aromatic rings. The first-order valence-electron chi connectivity index (χ1n) is 9.61. The zero-order chi connectivity index (χ0) is 20.9. The summed E-state index contributed by atoms with van der Waals surface area (Å²) in [7, 11) is 3.21. The first kappa shape index (κ1) is 23.7. The molecule has 0 heterocycles. The summed E-state index contributed by atoms with van der Waals surface area (Å²) in [5.41, 5.74) is 0.583. The number of allylic oxidation sites excluding steroid dienone is 2. The van der Waals surface area contributed by atoms with Crippen LogP contribution in [0.2, 0.25) is 0 Å². The van der Waals surface area contributed by atoms with Crippen LogP contribution in [0.1, 0.15) is 49.9 Å². The summed E-state index contributed by atoms with van der Waals surface area (Å²) in [6.07, 6.45) is 5.61. The standard InChI is InChI=1S/C22H32O6/c1-16(2)18(9-6-5-7-10-21(23)24)22(25)17-11-12-19(27-4)20(15-17)28-14-8-13-26-3/h5-6,11-12,15-16,18H,7-10,13-14H2,1-4H3,(H,23,24). The van der Waals surface area contributed by atoms with E-state index in [1.807, 2.05) is 26.0 Å². The number of carboxylic acid groups (broad SMARTS) is 1. The fraction of sp³-hybridized carbons (Fsp3) is 0.545. The van der Waals surface area contributed by atoms with E-state index in [-0.39, 0.29) is 24.0 Å². The molecule has 156 valence electrons. The van der Waals surface area contributed by atoms with Gasteiger partial charge in [-0.05, 0) is 37.0 Å². The van der Waals surface area contributed by atoms with Gasteiger partial charge in [-0.25, -0.2) is 0 Å². The van der Waals surface area contributed by atoms with Gasteiger partial charge in [0.15, 0.2) is 17.3 Å². The molecule has 0 radical (unpaired) electrons. The Morgan fingerprint density at radius 3 is 2.46 bits per heavy atom. The van der Waals surface area contributed by atoms with Gasteiger partial charge in [0.1, 0.15) is 0 Å². The zero-order valence-electron chi connectivity index (χ0n) is 17.3. The van der Waals surface area contributed by atoms with Crippen molar-refractivity contribution in [3.05, 3.63) is 35.9 Å². The Morgan fingerprint density at radius 1 is 1.11 bits per heavy atom. The fourth-order valence-electron chi connectivity index (χ4n) is 2.79. The first-order valence-corrected chi connectivity index (χ1v) is 9.61. The maximum absolute atomic E-state index is 13.0. The summed E-state index contributed by atoms with van der Waals surface area (Å²) >= 11 is 0. The molecule has 0 amide bonds. The van der Waals surface area contributed by atoms with E-state index in [4.69, 9.17) is 19.3 Å². The van der Waals surface area contributed by atoms with Crippen LogP contribution in [0.4, 0.5) is 0 Å². The highest BCUT2D eigenvalue weighted by molar-refractivity contribution is 5.98. The number of benzene rings is 1. The molecule has 1 aromatic carbocycles. The van der Waals surface area contributed by atoms with Crippen LogP contribution >= 0.6 is 0 Å². The normalized spacial score (nSPS) is 12.3. The number of carbonyl (C=O) groups excluding carboxylic acids is 1. The van der Waals surface area contributed by atoms with E-state index in [1.165, 1.54) is 0 Å². The first-order chi connectivity index (χ1) is 13.4. The van der Waals surface area contributed by atoms with Gasteiger partial charge >= 0.3 is 5.97 Å². The molecule has 0 saturated carbocycles. The molecule has 0 spiro atoms. The minimum Gasteiger partial charge on any atom is -0.493 e. The minimum absolute atomic E-state index is 0.0438. The Bertz CT molecular complexity index is 650. The van der Waals surface area contributed by atoms with Crippen LogP contribution in [-0.2, 0) is 9.53 Å². The fourth-order valence-corrected chi connectivity index (χ4v) is 2.79. The van der Waals surface area contributed by atoms with Gasteiger partial charge < -0.3 is 19.3 Å². The highest BCUT2D eigenvalue weighted by Crippen LogP contribution is 2.31. The molecule has 0 fully saturated rings. The molecule has 1 N–H and O–H groups in total. The largest absolute Gasteiger partial charge is 0.493 e. The molecular formula is C22H32O6. The van der Waals surface area contributed by atoms with Gasteiger partial charge in [0, 0.05) is 38.0 Å². The van der Waals surface area contributed by atoms with Crippen molar-refractivity contribution >= 4 is 11.8 Å². The van der Waals surface area contributed by atoms with Gasteiger partial charge in [0.2, 0.25) is 0 Å². The molecule has 1 atom stereocenters. The maximum atomic E-state index is 13.0. The summed E-state index contributed by atoms with van der Waals surface area (Å²) in [5, 5.41) is 8.69. The van der Waals surface area contributed by atoms with Gasteiger partial charge in [-0.2, -0.15) is 0 Å². The Hall–Kier alpha value is -2.34. The lowest BCUT2D eigenvalue weighted by Gasteiger charge is -2.19. The Balaban J connectivity index is 2.85. The monoisotopic (exact) mass is 392 g/mol. The van der Waals surface area contributed by atoms with Gasteiger partial charge in [-0.1, -0.05) is 26.0 Å². The summed E-state index contributed by atoms with van der Waals surface area (Å²) in [6, 6.07) is 5.24. The van der Waals surface area contributed by atoms with Crippen LogP contribution in [0.5, 0.6) is 11.5 Å². The predicted molar refractivity (Wildman–Crippen MR) is 108 cm³/mol. The molecule has 6 heteroatoms. The highest BCUT2D eigenvalue weighted by Gasteiger charge is 2.23. The molecule has 28 heavy (non-hydrogen) atoms. The van der Waals surface area contributed by atoms with Gasteiger partial charge in [0.05, 0.1) is 13.7 Å². The van der Waals surface area contributed by atoms with Crippen molar-refractivity contribution in [1.29, 1.82) is 0 Å². The predicted octanol–water partition coefficient (Wildman–Crippen LogP) is 4.38. The van der Waals surface area contributed by atoms with Gasteiger partial charge in [-0.15, -0.1) is 0 Å². The second-order valence-corrected chi connectivity index (χ2v) is 6.91. The van der Waals surface area contributed by atoms with E-state index in [2.05, 4.69) is 0 Å². The SMILES string of the molecule is COCCCOc1cc(C(=O)C(CC=CCCC(=O)O)C(C)C)ccc1OC. The maximum Gasteiger partial charge on any atom is 0.303 e. The third-order valence-corrected chi connectivity index (χ3v) is 4.42. The molecule has 0 aliphatic heterocycles. The molecule has 6 nitrogen and oxygen atoms in total. The zero-order valence-corrected chi connectivity index (χ0v) is 17.3. The molecule has 0 aliphatic carbocycles. The van der Waals surface area contributed by atoms with Crippen LogP contribution in [0.15, 0.2) is 30.4 Å². The van der Waals surface area contributed by atoms with Crippen LogP contribution < -0.4 is 9.47 Å². The number of hydrogen-bond donors (Lipinski definition) is 1. The smallest absolute Gasteiger partial charge is 0.303 e. The Morgan fingerprint density at radius 2 is 1.86 bits per heavy atom. The Labute approximate surface area is 167 Å². The van der Waals surface area contributed by atoms with E-state index in [0.29, 0.717) is 43.1 Å². The van der Waals surface area contributed by atoms with Gasteiger partial charge in [0.25, 0.3) is 0 Å². The summed E-state index contributed by atoms with van der Waals surface area (Å²) in [6.45, 7) is 5.10. The van der Waals surface area contributed by atoms with Crippen molar-refractivity contribution in [3.8, 4) is 11.5 Å². The van der Waals surface area contributed by atoms with E-state index in [1.54, 1.807) is 32.4 Å². The molecular weight excluding hydrogens is 360 g/mol. The molecule has 1 rings (SSSR count). The number of carboxylic acids is 1. The van der Waals surface area contributed by atoms with Crippen LogP contribution in [0.25, 0.3) is 0 Å². The van der Waals surface area contributed by atoms with E-state index in [9.17, 15) is 9.59 Å². The quantitative estimate of drug-likeness (QED) is 0.287. The van der Waals surface area contributed by atoms with E-state index < -0.39 is 5.97 Å². The van der Waals surface area contributed by atoms with E-state index >= 15 is 0 Å². The van der Waals surface area contributed by atoms with Crippen LogP contribution in [-0.4, -0.2) is 44.3 Å².